The minimum absolute atomic E-state index is 0.114. The van der Waals surface area contributed by atoms with Crippen LogP contribution in [0.3, 0.4) is 0 Å². The lowest BCUT2D eigenvalue weighted by atomic mass is 9.90. The second-order valence-corrected chi connectivity index (χ2v) is 4.64. The summed E-state index contributed by atoms with van der Waals surface area (Å²) < 4.78 is 27.0. The van der Waals surface area contributed by atoms with Gasteiger partial charge in [-0.15, -0.1) is 0 Å². The Morgan fingerprint density at radius 1 is 1.11 bits per heavy atom. The zero-order chi connectivity index (χ0) is 14.0. The van der Waals surface area contributed by atoms with Crippen molar-refractivity contribution in [1.29, 1.82) is 0 Å². The van der Waals surface area contributed by atoms with Crippen LogP contribution in [-0.2, 0) is 0 Å². The number of rotatable bonds is 3. The summed E-state index contributed by atoms with van der Waals surface area (Å²) in [6.45, 7) is 3.33. The Hall–Kier alpha value is -1.81. The number of hydrogen-bond acceptors (Lipinski definition) is 2. The third kappa shape index (κ3) is 2.79. The number of hydrogen-bond donors (Lipinski definition) is 1. The number of aliphatic hydroxyl groups excluding tert-OH is 1. The quantitative estimate of drug-likeness (QED) is 0.919. The van der Waals surface area contributed by atoms with Crippen LogP contribution in [-0.4, -0.2) is 10.1 Å². The Morgan fingerprint density at radius 2 is 1.74 bits per heavy atom. The summed E-state index contributed by atoms with van der Waals surface area (Å²) in [4.78, 5) is 3.90. The van der Waals surface area contributed by atoms with E-state index >= 15 is 0 Å². The number of aliphatic hydroxyl groups is 1. The predicted molar refractivity (Wildman–Crippen MR) is 68.7 cm³/mol. The maximum Gasteiger partial charge on any atom is 0.131 e. The summed E-state index contributed by atoms with van der Waals surface area (Å²) in [6.07, 6.45) is 2.21. The van der Waals surface area contributed by atoms with Crippen LogP contribution in [0.15, 0.2) is 36.7 Å². The highest BCUT2D eigenvalue weighted by Gasteiger charge is 2.22. The molecule has 4 heteroatoms. The molecule has 19 heavy (non-hydrogen) atoms. The Balaban J connectivity index is 2.34. The molecule has 0 radical (unpaired) electrons. The third-order valence-corrected chi connectivity index (χ3v) is 3.30. The molecule has 1 aromatic heterocycles. The van der Waals surface area contributed by atoms with E-state index in [1.807, 2.05) is 0 Å². The molecular formula is C15H15F2NO. The SMILES string of the molecule is Cc1cc(C(O)C(C)c2ccncc2)c(F)cc1F. The van der Waals surface area contributed by atoms with Crippen molar-refractivity contribution in [3.05, 3.63) is 65.0 Å². The van der Waals surface area contributed by atoms with Gasteiger partial charge in [0.25, 0.3) is 0 Å². The van der Waals surface area contributed by atoms with Gasteiger partial charge in [-0.25, -0.2) is 8.78 Å². The van der Waals surface area contributed by atoms with E-state index in [1.165, 1.54) is 6.07 Å². The van der Waals surface area contributed by atoms with Gasteiger partial charge in [0.05, 0.1) is 6.10 Å². The van der Waals surface area contributed by atoms with E-state index in [0.717, 1.165) is 11.6 Å². The van der Waals surface area contributed by atoms with Crippen LogP contribution in [0.4, 0.5) is 8.78 Å². The van der Waals surface area contributed by atoms with Crippen molar-refractivity contribution in [2.45, 2.75) is 25.9 Å². The molecule has 2 nitrogen and oxygen atoms in total. The summed E-state index contributed by atoms with van der Waals surface area (Å²) in [5.41, 5.74) is 1.28. The zero-order valence-electron chi connectivity index (χ0n) is 10.8. The molecule has 0 saturated carbocycles. The molecule has 0 bridgehead atoms. The molecule has 100 valence electrons. The normalized spacial score (nSPS) is 14.2. The highest BCUT2D eigenvalue weighted by atomic mass is 19.1. The minimum atomic E-state index is -1.03. The molecule has 1 N–H and O–H groups in total. The van der Waals surface area contributed by atoms with Crippen LogP contribution >= 0.6 is 0 Å². The number of aryl methyl sites for hydroxylation is 1. The molecule has 0 aliphatic carbocycles. The highest BCUT2D eigenvalue weighted by molar-refractivity contribution is 5.30. The third-order valence-electron chi connectivity index (χ3n) is 3.30. The lowest BCUT2D eigenvalue weighted by Gasteiger charge is -2.20. The molecule has 2 aromatic rings. The fraction of sp³-hybridized carbons (Fsp3) is 0.267. The van der Waals surface area contributed by atoms with Crippen LogP contribution in [0.5, 0.6) is 0 Å². The first-order valence-electron chi connectivity index (χ1n) is 6.04. The average Bonchev–Trinajstić information content (AvgIpc) is 2.42. The number of aromatic nitrogens is 1. The van der Waals surface area contributed by atoms with Crippen LogP contribution in [0.2, 0.25) is 0 Å². The molecule has 0 aliphatic heterocycles. The van der Waals surface area contributed by atoms with E-state index in [1.54, 1.807) is 38.4 Å². The van der Waals surface area contributed by atoms with Crippen LogP contribution in [0, 0.1) is 18.6 Å². The largest absolute Gasteiger partial charge is 0.388 e. The number of benzene rings is 1. The number of pyridine rings is 1. The van der Waals surface area contributed by atoms with Crippen LogP contribution in [0.1, 0.15) is 35.6 Å². The van der Waals surface area contributed by atoms with Gasteiger partial charge in [0.2, 0.25) is 0 Å². The number of nitrogens with zero attached hydrogens (tertiary/aromatic N) is 1. The fourth-order valence-corrected chi connectivity index (χ4v) is 2.02. The zero-order valence-corrected chi connectivity index (χ0v) is 10.8. The van der Waals surface area contributed by atoms with Crippen molar-refractivity contribution in [3.8, 4) is 0 Å². The van der Waals surface area contributed by atoms with Gasteiger partial charge >= 0.3 is 0 Å². The molecule has 2 rings (SSSR count). The Morgan fingerprint density at radius 3 is 2.37 bits per heavy atom. The standard InChI is InChI=1S/C15H15F2NO/c1-9-7-12(14(17)8-13(9)16)15(19)10(2)11-3-5-18-6-4-11/h3-8,10,15,19H,1-2H3. The van der Waals surface area contributed by atoms with Crippen molar-refractivity contribution in [1.82, 2.24) is 4.98 Å². The summed E-state index contributed by atoms with van der Waals surface area (Å²) >= 11 is 0. The lowest BCUT2D eigenvalue weighted by molar-refractivity contribution is 0.147. The van der Waals surface area contributed by atoms with Gasteiger partial charge in [-0.05, 0) is 36.2 Å². The smallest absolute Gasteiger partial charge is 0.131 e. The van der Waals surface area contributed by atoms with E-state index in [9.17, 15) is 13.9 Å². The predicted octanol–water partition coefficient (Wildman–Crippen LogP) is 3.51. The number of halogens is 2. The molecule has 0 fully saturated rings. The van der Waals surface area contributed by atoms with E-state index in [4.69, 9.17) is 0 Å². The summed E-state index contributed by atoms with van der Waals surface area (Å²) in [7, 11) is 0. The second-order valence-electron chi connectivity index (χ2n) is 4.64. The molecular weight excluding hydrogens is 248 g/mol. The van der Waals surface area contributed by atoms with Gasteiger partial charge < -0.3 is 5.11 Å². The molecule has 1 aromatic carbocycles. The van der Waals surface area contributed by atoms with Crippen LogP contribution < -0.4 is 0 Å². The summed E-state index contributed by atoms with van der Waals surface area (Å²) in [5.74, 6) is -1.64. The fourth-order valence-electron chi connectivity index (χ4n) is 2.02. The van der Waals surface area contributed by atoms with Gasteiger partial charge in [0.1, 0.15) is 11.6 Å². The van der Waals surface area contributed by atoms with Gasteiger partial charge in [-0.3, -0.25) is 4.98 Å². The van der Waals surface area contributed by atoms with E-state index < -0.39 is 17.7 Å². The molecule has 0 amide bonds. The maximum atomic E-state index is 13.7. The van der Waals surface area contributed by atoms with E-state index in [0.29, 0.717) is 5.56 Å². The summed E-state index contributed by atoms with van der Waals surface area (Å²) in [5, 5.41) is 10.3. The topological polar surface area (TPSA) is 33.1 Å². The van der Waals surface area contributed by atoms with Crippen molar-refractivity contribution in [2.75, 3.05) is 0 Å². The van der Waals surface area contributed by atoms with Crippen LogP contribution in [0.25, 0.3) is 0 Å². The summed E-state index contributed by atoms with van der Waals surface area (Å²) in [6, 6.07) is 5.70. The van der Waals surface area contributed by atoms with E-state index in [-0.39, 0.29) is 11.5 Å². The Labute approximate surface area is 110 Å². The van der Waals surface area contributed by atoms with Crippen molar-refractivity contribution >= 4 is 0 Å². The van der Waals surface area contributed by atoms with Gasteiger partial charge in [-0.1, -0.05) is 6.92 Å². The first-order valence-corrected chi connectivity index (χ1v) is 6.04. The second kappa shape index (κ2) is 5.45. The highest BCUT2D eigenvalue weighted by Crippen LogP contribution is 2.32. The molecule has 1 heterocycles. The van der Waals surface area contributed by atoms with Crippen molar-refractivity contribution < 1.29 is 13.9 Å². The Bertz CT molecular complexity index is 572. The van der Waals surface area contributed by atoms with Crippen molar-refractivity contribution in [2.24, 2.45) is 0 Å². The molecule has 0 saturated heterocycles. The van der Waals surface area contributed by atoms with E-state index in [2.05, 4.69) is 4.98 Å². The first kappa shape index (κ1) is 13.6. The monoisotopic (exact) mass is 263 g/mol. The Kier molecular flexibility index (Phi) is 3.90. The van der Waals surface area contributed by atoms with Gasteiger partial charge in [0, 0.05) is 29.9 Å². The molecule has 0 spiro atoms. The molecule has 2 atom stereocenters. The van der Waals surface area contributed by atoms with Gasteiger partial charge in [0.15, 0.2) is 0 Å². The lowest BCUT2D eigenvalue weighted by Crippen LogP contribution is -2.10. The molecule has 0 aliphatic rings. The van der Waals surface area contributed by atoms with Crippen molar-refractivity contribution in [3.63, 3.8) is 0 Å². The first-order chi connectivity index (χ1) is 9.00. The maximum absolute atomic E-state index is 13.7. The molecule has 2 unspecified atom stereocenters. The minimum Gasteiger partial charge on any atom is -0.388 e. The van der Waals surface area contributed by atoms with Gasteiger partial charge in [-0.2, -0.15) is 0 Å². The average molecular weight is 263 g/mol.